The number of ether oxygens (including phenoxy) is 2. The van der Waals surface area contributed by atoms with Gasteiger partial charge in [-0.05, 0) is 32.0 Å². The predicted octanol–water partition coefficient (Wildman–Crippen LogP) is 3.82. The smallest absolute Gasteiger partial charge is 0.330 e. The van der Waals surface area contributed by atoms with Gasteiger partial charge in [-0.2, -0.15) is 0 Å². The van der Waals surface area contributed by atoms with Gasteiger partial charge < -0.3 is 9.47 Å². The molecule has 6 heteroatoms. The topological polar surface area (TPSA) is 69.7 Å². The number of hydrogen-bond donors (Lipinski definition) is 0. The van der Waals surface area contributed by atoms with Crippen LogP contribution in [0.25, 0.3) is 0 Å². The minimum absolute atomic E-state index is 0.275. The summed E-state index contributed by atoms with van der Waals surface area (Å²) in [4.78, 5) is 39.1. The SMILES string of the molecule is COC(=O)[C@]12C(=O)Oc3ccc(Br)cc3[C@@H]1[C@@]2(C)C(=O)c1ccc(C)cc1. The Balaban J connectivity index is 1.91. The summed E-state index contributed by atoms with van der Waals surface area (Å²) in [5.41, 5.74) is -0.834. The van der Waals surface area contributed by atoms with Crippen LogP contribution in [-0.2, 0) is 14.3 Å². The molecule has 4 rings (SSSR count). The van der Waals surface area contributed by atoms with Crippen LogP contribution in [0.15, 0.2) is 46.9 Å². The lowest BCUT2D eigenvalue weighted by atomic mass is 9.86. The number of carbonyl (C=O) groups excluding carboxylic acids is 3. The van der Waals surface area contributed by atoms with Gasteiger partial charge in [-0.3, -0.25) is 14.4 Å². The van der Waals surface area contributed by atoms with Crippen molar-refractivity contribution < 1.29 is 23.9 Å². The molecule has 27 heavy (non-hydrogen) atoms. The lowest BCUT2D eigenvalue weighted by Gasteiger charge is -2.21. The quantitative estimate of drug-likeness (QED) is 0.321. The largest absolute Gasteiger partial charge is 0.468 e. The highest BCUT2D eigenvalue weighted by Crippen LogP contribution is 2.78. The molecule has 0 spiro atoms. The van der Waals surface area contributed by atoms with E-state index >= 15 is 0 Å². The van der Waals surface area contributed by atoms with Crippen LogP contribution >= 0.6 is 15.9 Å². The molecular weight excluding hydrogens is 412 g/mol. The summed E-state index contributed by atoms with van der Waals surface area (Å²) < 4.78 is 11.2. The maximum atomic E-state index is 13.4. The van der Waals surface area contributed by atoms with E-state index in [4.69, 9.17) is 9.47 Å². The molecule has 2 aromatic carbocycles. The van der Waals surface area contributed by atoms with E-state index < -0.39 is 28.7 Å². The van der Waals surface area contributed by atoms with Gasteiger partial charge in [-0.25, -0.2) is 0 Å². The Bertz CT molecular complexity index is 996. The third-order valence-electron chi connectivity index (χ3n) is 5.85. The first-order valence-corrected chi connectivity index (χ1v) is 9.29. The standard InChI is InChI=1S/C21H17BrO5/c1-11-4-6-12(7-5-11)17(23)20(2)16-14-10-13(22)8-9-15(14)27-19(25)21(16,20)18(24)26-3/h4-10,16H,1-3H3/t16-,20+,21+/m1/s1. The first-order valence-electron chi connectivity index (χ1n) is 8.50. The van der Waals surface area contributed by atoms with Gasteiger partial charge in [0.1, 0.15) is 5.75 Å². The highest BCUT2D eigenvalue weighted by molar-refractivity contribution is 9.10. The Morgan fingerprint density at radius 1 is 1.15 bits per heavy atom. The molecule has 0 N–H and O–H groups in total. The average Bonchev–Trinajstić information content (AvgIpc) is 3.25. The summed E-state index contributed by atoms with van der Waals surface area (Å²) in [7, 11) is 1.22. The van der Waals surface area contributed by atoms with E-state index in [0.29, 0.717) is 16.9 Å². The molecule has 1 heterocycles. The number of hydrogen-bond acceptors (Lipinski definition) is 5. The Morgan fingerprint density at radius 3 is 2.44 bits per heavy atom. The van der Waals surface area contributed by atoms with E-state index in [2.05, 4.69) is 15.9 Å². The van der Waals surface area contributed by atoms with Gasteiger partial charge >= 0.3 is 11.9 Å². The molecule has 0 unspecified atom stereocenters. The molecule has 1 aliphatic carbocycles. The van der Waals surface area contributed by atoms with E-state index in [9.17, 15) is 14.4 Å². The average molecular weight is 429 g/mol. The number of carbonyl (C=O) groups is 3. The lowest BCUT2D eigenvalue weighted by molar-refractivity contribution is -0.160. The Kier molecular flexibility index (Phi) is 3.82. The summed E-state index contributed by atoms with van der Waals surface area (Å²) in [5.74, 6) is -2.03. The van der Waals surface area contributed by atoms with Gasteiger partial charge in [0.05, 0.1) is 12.5 Å². The number of ketones is 1. The molecule has 5 nitrogen and oxygen atoms in total. The lowest BCUT2D eigenvalue weighted by Crippen LogP contribution is -2.39. The molecule has 0 aromatic heterocycles. The van der Waals surface area contributed by atoms with E-state index in [0.717, 1.165) is 10.0 Å². The van der Waals surface area contributed by atoms with Crippen molar-refractivity contribution in [2.45, 2.75) is 19.8 Å². The number of aryl methyl sites for hydroxylation is 1. The summed E-state index contributed by atoms with van der Waals surface area (Å²) >= 11 is 3.41. The number of Topliss-reactive ketones (excluding diaryl/α,β-unsaturated/α-hetero) is 1. The number of rotatable bonds is 3. The van der Waals surface area contributed by atoms with Gasteiger partial charge in [0.15, 0.2) is 11.2 Å². The van der Waals surface area contributed by atoms with Crippen LogP contribution in [0, 0.1) is 17.8 Å². The van der Waals surface area contributed by atoms with Gasteiger partial charge in [-0.1, -0.05) is 45.8 Å². The second-order valence-corrected chi connectivity index (χ2v) is 8.12. The maximum absolute atomic E-state index is 13.4. The number of fused-ring (bicyclic) bond motifs is 3. The van der Waals surface area contributed by atoms with Crippen molar-refractivity contribution in [3.05, 3.63) is 63.6 Å². The number of methoxy groups -OCH3 is 1. The summed E-state index contributed by atoms with van der Waals surface area (Å²) in [6, 6.07) is 12.3. The molecular formula is C21H17BrO5. The molecule has 1 saturated carbocycles. The minimum Gasteiger partial charge on any atom is -0.468 e. The maximum Gasteiger partial charge on any atom is 0.330 e. The van der Waals surface area contributed by atoms with E-state index in [1.807, 2.05) is 19.1 Å². The van der Waals surface area contributed by atoms with E-state index in [1.54, 1.807) is 37.3 Å². The third kappa shape index (κ3) is 2.13. The minimum atomic E-state index is -1.67. The molecule has 0 saturated heterocycles. The first kappa shape index (κ1) is 17.9. The van der Waals surface area contributed by atoms with Crippen molar-refractivity contribution in [1.29, 1.82) is 0 Å². The second kappa shape index (κ2) is 5.76. The molecule has 2 aliphatic rings. The molecule has 138 valence electrons. The van der Waals surface area contributed by atoms with Crippen molar-refractivity contribution in [3.63, 3.8) is 0 Å². The van der Waals surface area contributed by atoms with Gasteiger partial charge in [0, 0.05) is 21.5 Å². The second-order valence-electron chi connectivity index (χ2n) is 7.20. The summed E-state index contributed by atoms with van der Waals surface area (Å²) in [6.45, 7) is 3.57. The van der Waals surface area contributed by atoms with Gasteiger partial charge in [0.2, 0.25) is 0 Å². The first-order chi connectivity index (χ1) is 12.8. The van der Waals surface area contributed by atoms with Crippen LogP contribution in [0.1, 0.15) is 34.3 Å². The van der Waals surface area contributed by atoms with Crippen LogP contribution in [0.2, 0.25) is 0 Å². The summed E-state index contributed by atoms with van der Waals surface area (Å²) in [5, 5.41) is 0. The van der Waals surface area contributed by atoms with E-state index in [-0.39, 0.29) is 5.78 Å². The normalized spacial score (nSPS) is 27.9. The Hall–Kier alpha value is -2.47. The molecule has 1 fully saturated rings. The molecule has 0 amide bonds. The number of esters is 2. The molecule has 1 aliphatic heterocycles. The van der Waals surface area contributed by atoms with Crippen molar-refractivity contribution in [2.24, 2.45) is 10.8 Å². The Morgan fingerprint density at radius 2 is 1.81 bits per heavy atom. The van der Waals surface area contributed by atoms with Gasteiger partial charge in [-0.15, -0.1) is 0 Å². The van der Waals surface area contributed by atoms with Crippen molar-refractivity contribution >= 4 is 33.7 Å². The fraction of sp³-hybridized carbons (Fsp3) is 0.286. The molecule has 0 radical (unpaired) electrons. The van der Waals surface area contributed by atoms with Crippen molar-refractivity contribution in [2.75, 3.05) is 7.11 Å². The van der Waals surface area contributed by atoms with Crippen LogP contribution in [-0.4, -0.2) is 24.8 Å². The number of benzene rings is 2. The highest BCUT2D eigenvalue weighted by Gasteiger charge is 2.89. The van der Waals surface area contributed by atoms with Gasteiger partial charge in [0.25, 0.3) is 0 Å². The summed E-state index contributed by atoms with van der Waals surface area (Å²) in [6.07, 6.45) is 0. The van der Waals surface area contributed by atoms with Crippen LogP contribution < -0.4 is 4.74 Å². The van der Waals surface area contributed by atoms with Crippen molar-refractivity contribution in [1.82, 2.24) is 0 Å². The monoisotopic (exact) mass is 428 g/mol. The zero-order valence-electron chi connectivity index (χ0n) is 15.0. The Labute approximate surface area is 164 Å². The van der Waals surface area contributed by atoms with Crippen LogP contribution in [0.4, 0.5) is 0 Å². The molecule has 0 bridgehead atoms. The van der Waals surface area contributed by atoms with Crippen LogP contribution in [0.3, 0.4) is 0 Å². The zero-order valence-corrected chi connectivity index (χ0v) is 16.6. The fourth-order valence-corrected chi connectivity index (χ4v) is 4.78. The fourth-order valence-electron chi connectivity index (χ4n) is 4.40. The highest BCUT2D eigenvalue weighted by atomic mass is 79.9. The number of halogens is 1. The zero-order chi connectivity index (χ0) is 19.6. The predicted molar refractivity (Wildman–Crippen MR) is 101 cm³/mol. The third-order valence-corrected chi connectivity index (χ3v) is 6.34. The molecule has 3 atom stereocenters. The molecule has 2 aromatic rings. The van der Waals surface area contributed by atoms with Crippen LogP contribution in [0.5, 0.6) is 5.75 Å². The van der Waals surface area contributed by atoms with Crippen molar-refractivity contribution in [3.8, 4) is 5.75 Å². The van der Waals surface area contributed by atoms with E-state index in [1.165, 1.54) is 7.11 Å².